The lowest BCUT2D eigenvalue weighted by molar-refractivity contribution is -0.163. The van der Waals surface area contributed by atoms with E-state index in [-0.39, 0.29) is 0 Å². The SMILES string of the molecule is CO[C@H]1O[C@H](C(O)Cc2ccccc2)[C@@H](O)[C@H]1O. The van der Waals surface area contributed by atoms with Crippen LogP contribution < -0.4 is 0 Å². The molecular formula is C13H18O5. The van der Waals surface area contributed by atoms with E-state index in [1.807, 2.05) is 30.3 Å². The van der Waals surface area contributed by atoms with Crippen LogP contribution in [0, 0.1) is 0 Å². The second-order valence-corrected chi connectivity index (χ2v) is 4.44. The van der Waals surface area contributed by atoms with Crippen LogP contribution in [0.2, 0.25) is 0 Å². The third-order valence-corrected chi connectivity index (χ3v) is 3.16. The highest BCUT2D eigenvalue weighted by atomic mass is 16.7. The van der Waals surface area contributed by atoms with E-state index in [2.05, 4.69) is 0 Å². The van der Waals surface area contributed by atoms with Crippen molar-refractivity contribution in [2.45, 2.75) is 37.1 Å². The summed E-state index contributed by atoms with van der Waals surface area (Å²) in [7, 11) is 1.38. The Morgan fingerprint density at radius 2 is 1.89 bits per heavy atom. The maximum Gasteiger partial charge on any atom is 0.186 e. The second-order valence-electron chi connectivity index (χ2n) is 4.44. The molecule has 0 radical (unpaired) electrons. The molecule has 1 heterocycles. The van der Waals surface area contributed by atoms with Crippen LogP contribution in [0.3, 0.4) is 0 Å². The van der Waals surface area contributed by atoms with Gasteiger partial charge in [0.1, 0.15) is 18.3 Å². The molecule has 1 aromatic rings. The van der Waals surface area contributed by atoms with Gasteiger partial charge >= 0.3 is 0 Å². The van der Waals surface area contributed by atoms with Crippen molar-refractivity contribution in [3.8, 4) is 0 Å². The van der Waals surface area contributed by atoms with Crippen molar-refractivity contribution in [1.29, 1.82) is 0 Å². The Morgan fingerprint density at radius 3 is 2.44 bits per heavy atom. The average Bonchev–Trinajstić information content (AvgIpc) is 2.67. The summed E-state index contributed by atoms with van der Waals surface area (Å²) in [5.74, 6) is 0. The molecule has 18 heavy (non-hydrogen) atoms. The first-order valence-corrected chi connectivity index (χ1v) is 5.90. The molecule has 1 aliphatic heterocycles. The van der Waals surface area contributed by atoms with Gasteiger partial charge in [-0.05, 0) is 5.56 Å². The van der Waals surface area contributed by atoms with Crippen LogP contribution in [-0.4, -0.2) is 53.1 Å². The molecule has 0 aromatic heterocycles. The van der Waals surface area contributed by atoms with E-state index >= 15 is 0 Å². The van der Waals surface area contributed by atoms with Gasteiger partial charge in [0, 0.05) is 13.5 Å². The molecule has 1 aliphatic rings. The maximum atomic E-state index is 10.1. The van der Waals surface area contributed by atoms with E-state index in [4.69, 9.17) is 9.47 Å². The summed E-state index contributed by atoms with van der Waals surface area (Å²) >= 11 is 0. The zero-order chi connectivity index (χ0) is 13.1. The number of benzene rings is 1. The van der Waals surface area contributed by atoms with Gasteiger partial charge in [0.25, 0.3) is 0 Å². The average molecular weight is 254 g/mol. The highest BCUT2D eigenvalue weighted by Crippen LogP contribution is 2.25. The zero-order valence-electron chi connectivity index (χ0n) is 10.1. The molecule has 0 aliphatic carbocycles. The quantitative estimate of drug-likeness (QED) is 0.686. The smallest absolute Gasteiger partial charge is 0.186 e. The highest BCUT2D eigenvalue weighted by molar-refractivity contribution is 5.16. The number of ether oxygens (including phenoxy) is 2. The first kappa shape index (κ1) is 13.5. The summed E-state index contributed by atoms with van der Waals surface area (Å²) in [6.45, 7) is 0. The van der Waals surface area contributed by atoms with Gasteiger partial charge in [-0.3, -0.25) is 0 Å². The Balaban J connectivity index is 1.99. The first-order valence-electron chi connectivity index (χ1n) is 5.90. The van der Waals surface area contributed by atoms with Crippen molar-refractivity contribution in [2.75, 3.05) is 7.11 Å². The van der Waals surface area contributed by atoms with E-state index in [9.17, 15) is 15.3 Å². The van der Waals surface area contributed by atoms with Crippen molar-refractivity contribution in [3.05, 3.63) is 35.9 Å². The van der Waals surface area contributed by atoms with Crippen LogP contribution in [-0.2, 0) is 15.9 Å². The second kappa shape index (κ2) is 5.77. The molecule has 1 aromatic carbocycles. The molecule has 5 nitrogen and oxygen atoms in total. The van der Waals surface area contributed by atoms with Crippen molar-refractivity contribution in [1.82, 2.24) is 0 Å². The minimum absolute atomic E-state index is 0.353. The van der Waals surface area contributed by atoms with E-state index in [1.165, 1.54) is 7.11 Å². The summed E-state index contributed by atoms with van der Waals surface area (Å²) in [6, 6.07) is 9.41. The van der Waals surface area contributed by atoms with Crippen LogP contribution in [0.25, 0.3) is 0 Å². The molecule has 0 spiro atoms. The summed E-state index contributed by atoms with van der Waals surface area (Å²) in [4.78, 5) is 0. The first-order chi connectivity index (χ1) is 8.63. The van der Waals surface area contributed by atoms with Crippen LogP contribution in [0.15, 0.2) is 30.3 Å². The van der Waals surface area contributed by atoms with Gasteiger partial charge in [-0.25, -0.2) is 0 Å². The van der Waals surface area contributed by atoms with Crippen LogP contribution in [0.1, 0.15) is 5.56 Å². The molecule has 0 bridgehead atoms. The fraction of sp³-hybridized carbons (Fsp3) is 0.538. The third kappa shape index (κ3) is 2.71. The molecule has 5 heteroatoms. The zero-order valence-corrected chi connectivity index (χ0v) is 10.1. The van der Waals surface area contributed by atoms with Crippen molar-refractivity contribution in [2.24, 2.45) is 0 Å². The van der Waals surface area contributed by atoms with E-state index in [0.29, 0.717) is 6.42 Å². The van der Waals surface area contributed by atoms with Gasteiger partial charge < -0.3 is 24.8 Å². The molecule has 0 amide bonds. The molecule has 0 saturated carbocycles. The topological polar surface area (TPSA) is 79.2 Å². The molecule has 1 fully saturated rings. The number of aliphatic hydroxyl groups excluding tert-OH is 3. The summed E-state index contributed by atoms with van der Waals surface area (Å²) < 4.78 is 10.2. The minimum Gasteiger partial charge on any atom is -0.390 e. The maximum absolute atomic E-state index is 10.1. The van der Waals surface area contributed by atoms with Crippen molar-refractivity contribution >= 4 is 0 Å². The van der Waals surface area contributed by atoms with Crippen LogP contribution in [0.5, 0.6) is 0 Å². The Kier molecular flexibility index (Phi) is 4.31. The molecule has 3 N–H and O–H groups in total. The molecular weight excluding hydrogens is 236 g/mol. The van der Waals surface area contributed by atoms with E-state index < -0.39 is 30.7 Å². The predicted molar refractivity (Wildman–Crippen MR) is 63.8 cm³/mol. The number of aliphatic hydroxyl groups is 3. The Hall–Kier alpha value is -0.980. The van der Waals surface area contributed by atoms with Gasteiger partial charge in [-0.1, -0.05) is 30.3 Å². The molecule has 1 unspecified atom stereocenters. The van der Waals surface area contributed by atoms with Gasteiger partial charge in [-0.15, -0.1) is 0 Å². The molecule has 1 saturated heterocycles. The number of hydrogen-bond donors (Lipinski definition) is 3. The fourth-order valence-corrected chi connectivity index (χ4v) is 2.16. The fourth-order valence-electron chi connectivity index (χ4n) is 2.16. The Morgan fingerprint density at radius 1 is 1.22 bits per heavy atom. The van der Waals surface area contributed by atoms with Gasteiger partial charge in [0.15, 0.2) is 6.29 Å². The largest absolute Gasteiger partial charge is 0.390 e. The predicted octanol–water partition coefficient (Wildman–Crippen LogP) is -0.317. The van der Waals surface area contributed by atoms with Crippen molar-refractivity contribution in [3.63, 3.8) is 0 Å². The standard InChI is InChI=1S/C13H18O5/c1-17-13-11(16)10(15)12(18-13)9(14)7-8-5-3-2-4-6-8/h2-6,9-16H,7H2,1H3/t9?,10-,11+,12+,13-/m0/s1. The number of rotatable bonds is 4. The lowest BCUT2D eigenvalue weighted by atomic mass is 9.99. The molecule has 5 atom stereocenters. The lowest BCUT2D eigenvalue weighted by Gasteiger charge is -2.20. The number of methoxy groups -OCH3 is 1. The molecule has 100 valence electrons. The summed E-state index contributed by atoms with van der Waals surface area (Å²) in [5, 5.41) is 29.5. The molecule has 2 rings (SSSR count). The van der Waals surface area contributed by atoms with E-state index in [1.54, 1.807) is 0 Å². The van der Waals surface area contributed by atoms with Crippen LogP contribution in [0.4, 0.5) is 0 Å². The van der Waals surface area contributed by atoms with Crippen LogP contribution >= 0.6 is 0 Å². The number of hydrogen-bond acceptors (Lipinski definition) is 5. The summed E-state index contributed by atoms with van der Waals surface area (Å²) in [6.07, 6.45) is -4.55. The van der Waals surface area contributed by atoms with Gasteiger partial charge in [0.2, 0.25) is 0 Å². The lowest BCUT2D eigenvalue weighted by Crippen LogP contribution is -2.39. The third-order valence-electron chi connectivity index (χ3n) is 3.16. The van der Waals surface area contributed by atoms with Gasteiger partial charge in [0.05, 0.1) is 6.10 Å². The monoisotopic (exact) mass is 254 g/mol. The minimum atomic E-state index is -1.14. The Bertz CT molecular complexity index is 369. The Labute approximate surface area is 106 Å². The normalized spacial score (nSPS) is 33.6. The van der Waals surface area contributed by atoms with Crippen molar-refractivity contribution < 1.29 is 24.8 Å². The highest BCUT2D eigenvalue weighted by Gasteiger charge is 2.46. The summed E-state index contributed by atoms with van der Waals surface area (Å²) in [5.41, 5.74) is 0.941. The van der Waals surface area contributed by atoms with Gasteiger partial charge in [-0.2, -0.15) is 0 Å². The van der Waals surface area contributed by atoms with E-state index in [0.717, 1.165) is 5.56 Å².